The number of nitrogens with zero attached hydrogens (tertiary/aromatic N) is 1. The molecule has 20 heavy (non-hydrogen) atoms. The van der Waals surface area contributed by atoms with E-state index in [0.717, 1.165) is 12.0 Å². The normalized spacial score (nSPS) is 42.0. The summed E-state index contributed by atoms with van der Waals surface area (Å²) in [5, 5.41) is 4.00. The minimum absolute atomic E-state index is 0.495. The minimum atomic E-state index is 0.495. The molecule has 4 atom stereocenters. The van der Waals surface area contributed by atoms with Crippen LogP contribution < -0.4 is 5.32 Å². The van der Waals surface area contributed by atoms with Crippen molar-refractivity contribution in [2.24, 2.45) is 16.7 Å². The van der Waals surface area contributed by atoms with Crippen LogP contribution in [0, 0.1) is 16.7 Å². The number of nitrogens with one attached hydrogen (secondary N) is 1. The molecule has 2 nitrogen and oxygen atoms in total. The molecule has 0 aromatic carbocycles. The van der Waals surface area contributed by atoms with Crippen molar-refractivity contribution in [1.82, 2.24) is 10.2 Å². The molecule has 1 N–H and O–H groups in total. The van der Waals surface area contributed by atoms with Gasteiger partial charge in [0.15, 0.2) is 0 Å². The summed E-state index contributed by atoms with van der Waals surface area (Å²) in [4.78, 5) is 2.69. The zero-order valence-corrected chi connectivity index (χ0v) is 14.0. The molecule has 3 fully saturated rings. The molecule has 2 aliphatic carbocycles. The molecule has 4 unspecified atom stereocenters. The molecular formula is C18H34N2. The molecule has 116 valence electrons. The second kappa shape index (κ2) is 5.28. The Hall–Kier alpha value is -0.0800. The molecule has 0 aromatic heterocycles. The molecule has 2 saturated carbocycles. The topological polar surface area (TPSA) is 15.3 Å². The molecule has 0 spiro atoms. The van der Waals surface area contributed by atoms with E-state index in [1.54, 1.807) is 0 Å². The third-order valence-electron chi connectivity index (χ3n) is 6.90. The maximum Gasteiger partial charge on any atom is 0.0192 e. The number of piperidine rings is 1. The molecule has 1 saturated heterocycles. The van der Waals surface area contributed by atoms with Gasteiger partial charge >= 0.3 is 0 Å². The highest BCUT2D eigenvalue weighted by Crippen LogP contribution is 2.62. The second-order valence-electron chi connectivity index (χ2n) is 8.70. The first-order valence-corrected chi connectivity index (χ1v) is 8.91. The van der Waals surface area contributed by atoms with Crippen molar-refractivity contribution in [1.29, 1.82) is 0 Å². The maximum atomic E-state index is 4.00. The molecule has 1 heterocycles. The fourth-order valence-corrected chi connectivity index (χ4v) is 5.59. The zero-order chi connectivity index (χ0) is 14.4. The van der Waals surface area contributed by atoms with E-state index in [0.29, 0.717) is 16.9 Å². The number of hydrogen-bond acceptors (Lipinski definition) is 2. The first kappa shape index (κ1) is 14.8. The van der Waals surface area contributed by atoms with Gasteiger partial charge in [-0.05, 0) is 68.9 Å². The lowest BCUT2D eigenvalue weighted by atomic mass is 9.68. The SMILES string of the molecule is CC(CNC1C2(C)CCC(C2)C1(C)C)N1CCCCC1. The highest BCUT2D eigenvalue weighted by Gasteiger charge is 2.58. The van der Waals surface area contributed by atoms with Crippen LogP contribution in [0.3, 0.4) is 0 Å². The van der Waals surface area contributed by atoms with Crippen LogP contribution in [-0.2, 0) is 0 Å². The number of fused-ring (bicyclic) bond motifs is 2. The standard InChI is InChI=1S/C18H34N2/c1-14(20-10-6-5-7-11-20)13-19-16-17(2,3)15-8-9-18(16,4)12-15/h14-16,19H,5-13H2,1-4H3. The van der Waals surface area contributed by atoms with Crippen molar-refractivity contribution >= 4 is 0 Å². The van der Waals surface area contributed by atoms with Crippen molar-refractivity contribution in [3.8, 4) is 0 Å². The predicted molar refractivity (Wildman–Crippen MR) is 85.9 cm³/mol. The van der Waals surface area contributed by atoms with E-state index in [2.05, 4.69) is 37.9 Å². The lowest BCUT2D eigenvalue weighted by molar-refractivity contribution is 0.0942. The van der Waals surface area contributed by atoms with E-state index in [-0.39, 0.29) is 0 Å². The highest BCUT2D eigenvalue weighted by atomic mass is 15.2. The summed E-state index contributed by atoms with van der Waals surface area (Å²) in [6, 6.07) is 1.43. The van der Waals surface area contributed by atoms with Gasteiger partial charge in [0.1, 0.15) is 0 Å². The van der Waals surface area contributed by atoms with Crippen molar-refractivity contribution < 1.29 is 0 Å². The summed E-state index contributed by atoms with van der Waals surface area (Å²) in [7, 11) is 0. The number of likely N-dealkylation sites (tertiary alicyclic amines) is 1. The van der Waals surface area contributed by atoms with Gasteiger partial charge in [0.25, 0.3) is 0 Å². The smallest absolute Gasteiger partial charge is 0.0192 e. The van der Waals surface area contributed by atoms with Gasteiger partial charge in [-0.3, -0.25) is 4.90 Å². The van der Waals surface area contributed by atoms with Crippen LogP contribution in [0.25, 0.3) is 0 Å². The van der Waals surface area contributed by atoms with E-state index >= 15 is 0 Å². The Labute approximate surface area is 125 Å². The van der Waals surface area contributed by atoms with Crippen LogP contribution in [0.1, 0.15) is 66.2 Å². The summed E-state index contributed by atoms with van der Waals surface area (Å²) in [6.07, 6.45) is 8.60. The molecule has 1 aliphatic heterocycles. The fraction of sp³-hybridized carbons (Fsp3) is 1.00. The Kier molecular flexibility index (Phi) is 3.92. The van der Waals surface area contributed by atoms with Crippen molar-refractivity contribution in [2.75, 3.05) is 19.6 Å². The summed E-state index contributed by atoms with van der Waals surface area (Å²) >= 11 is 0. The molecule has 0 amide bonds. The third-order valence-corrected chi connectivity index (χ3v) is 6.90. The quantitative estimate of drug-likeness (QED) is 0.844. The summed E-state index contributed by atoms with van der Waals surface area (Å²) in [6.45, 7) is 13.8. The lowest BCUT2D eigenvalue weighted by Crippen LogP contribution is -2.54. The third kappa shape index (κ3) is 2.43. The van der Waals surface area contributed by atoms with Crippen molar-refractivity contribution in [3.63, 3.8) is 0 Å². The fourth-order valence-electron chi connectivity index (χ4n) is 5.59. The number of rotatable bonds is 4. The minimum Gasteiger partial charge on any atom is -0.311 e. The molecular weight excluding hydrogens is 244 g/mol. The Balaban J connectivity index is 1.57. The monoisotopic (exact) mass is 278 g/mol. The van der Waals surface area contributed by atoms with Crippen molar-refractivity contribution in [3.05, 3.63) is 0 Å². The van der Waals surface area contributed by atoms with E-state index < -0.39 is 0 Å². The average Bonchev–Trinajstić information content (AvgIpc) is 2.90. The largest absolute Gasteiger partial charge is 0.311 e. The van der Waals surface area contributed by atoms with Gasteiger partial charge < -0.3 is 5.32 Å². The van der Waals surface area contributed by atoms with Crippen LogP contribution in [0.5, 0.6) is 0 Å². The van der Waals surface area contributed by atoms with Gasteiger partial charge in [-0.2, -0.15) is 0 Å². The zero-order valence-electron chi connectivity index (χ0n) is 14.0. The Morgan fingerprint density at radius 1 is 1.15 bits per heavy atom. The molecule has 2 heteroatoms. The average molecular weight is 278 g/mol. The molecule has 3 rings (SSSR count). The van der Waals surface area contributed by atoms with E-state index in [1.165, 1.54) is 58.2 Å². The van der Waals surface area contributed by atoms with E-state index in [4.69, 9.17) is 0 Å². The summed E-state index contributed by atoms with van der Waals surface area (Å²) in [5.74, 6) is 0.954. The van der Waals surface area contributed by atoms with Gasteiger partial charge in [0.2, 0.25) is 0 Å². The van der Waals surface area contributed by atoms with Crippen LogP contribution in [0.4, 0.5) is 0 Å². The molecule has 0 radical (unpaired) electrons. The van der Waals surface area contributed by atoms with Gasteiger partial charge in [-0.1, -0.05) is 27.2 Å². The molecule has 3 aliphatic rings. The first-order valence-electron chi connectivity index (χ1n) is 8.91. The summed E-state index contributed by atoms with van der Waals surface area (Å²) < 4.78 is 0. The Morgan fingerprint density at radius 3 is 2.45 bits per heavy atom. The predicted octanol–water partition coefficient (Wildman–Crippen LogP) is 3.67. The van der Waals surface area contributed by atoms with Crippen LogP contribution in [0.15, 0.2) is 0 Å². The van der Waals surface area contributed by atoms with Crippen molar-refractivity contribution in [2.45, 2.75) is 78.3 Å². The van der Waals surface area contributed by atoms with Crippen LogP contribution in [0.2, 0.25) is 0 Å². The lowest BCUT2D eigenvalue weighted by Gasteiger charge is -2.44. The molecule has 0 aromatic rings. The van der Waals surface area contributed by atoms with Gasteiger partial charge in [-0.25, -0.2) is 0 Å². The number of hydrogen-bond donors (Lipinski definition) is 1. The van der Waals surface area contributed by atoms with E-state index in [1.807, 2.05) is 0 Å². The maximum absolute atomic E-state index is 4.00. The van der Waals surface area contributed by atoms with Crippen LogP contribution in [-0.4, -0.2) is 36.6 Å². The van der Waals surface area contributed by atoms with Crippen LogP contribution >= 0.6 is 0 Å². The van der Waals surface area contributed by atoms with Gasteiger partial charge in [0.05, 0.1) is 0 Å². The Bertz CT molecular complexity index is 341. The summed E-state index contributed by atoms with van der Waals surface area (Å²) in [5.41, 5.74) is 1.06. The first-order chi connectivity index (χ1) is 9.43. The van der Waals surface area contributed by atoms with Gasteiger partial charge in [0, 0.05) is 18.6 Å². The van der Waals surface area contributed by atoms with Gasteiger partial charge in [-0.15, -0.1) is 0 Å². The Morgan fingerprint density at radius 2 is 1.85 bits per heavy atom. The van der Waals surface area contributed by atoms with E-state index in [9.17, 15) is 0 Å². The second-order valence-corrected chi connectivity index (χ2v) is 8.70. The molecule has 2 bridgehead atoms. The highest BCUT2D eigenvalue weighted by molar-refractivity contribution is 5.12.